The summed E-state index contributed by atoms with van der Waals surface area (Å²) in [7, 11) is 0. The first-order valence-electron chi connectivity index (χ1n) is 8.08. The van der Waals surface area contributed by atoms with Crippen LogP contribution in [0.2, 0.25) is 0 Å². The maximum atomic E-state index is 12.1. The summed E-state index contributed by atoms with van der Waals surface area (Å²) in [5, 5.41) is 0. The molecular formula is C19H27O3. The van der Waals surface area contributed by atoms with Gasteiger partial charge in [0.2, 0.25) is 0 Å². The Morgan fingerprint density at radius 1 is 1.14 bits per heavy atom. The molecule has 0 atom stereocenters. The van der Waals surface area contributed by atoms with Crippen molar-refractivity contribution in [3.8, 4) is 0 Å². The van der Waals surface area contributed by atoms with Gasteiger partial charge in [0.05, 0.1) is 5.56 Å². The van der Waals surface area contributed by atoms with Gasteiger partial charge in [-0.15, -0.1) is 0 Å². The van der Waals surface area contributed by atoms with Gasteiger partial charge in [0.15, 0.2) is 0 Å². The van der Waals surface area contributed by atoms with Gasteiger partial charge in [-0.25, -0.2) is 4.79 Å². The van der Waals surface area contributed by atoms with Crippen LogP contribution in [-0.4, -0.2) is 5.97 Å². The van der Waals surface area contributed by atoms with Crippen molar-refractivity contribution in [1.29, 1.82) is 0 Å². The minimum absolute atomic E-state index is 0.335. The van der Waals surface area contributed by atoms with Crippen molar-refractivity contribution in [2.45, 2.75) is 60.3 Å². The van der Waals surface area contributed by atoms with E-state index in [1.54, 1.807) is 6.07 Å². The van der Waals surface area contributed by atoms with Crippen molar-refractivity contribution in [3.63, 3.8) is 0 Å². The third-order valence-corrected chi connectivity index (χ3v) is 4.61. The van der Waals surface area contributed by atoms with E-state index < -0.39 is 5.97 Å². The largest absolute Gasteiger partial charge is 0.373 e. The smallest absolute Gasteiger partial charge is 0.292 e. The van der Waals surface area contributed by atoms with Crippen LogP contribution in [0.25, 0.3) is 0 Å². The average Bonchev–Trinajstić information content (AvgIpc) is 2.44. The molecule has 0 bridgehead atoms. The fourth-order valence-electron chi connectivity index (χ4n) is 3.07. The summed E-state index contributed by atoms with van der Waals surface area (Å²) < 4.78 is 0. The zero-order valence-corrected chi connectivity index (χ0v) is 14.4. The molecule has 0 amide bonds. The molecule has 0 spiro atoms. The van der Waals surface area contributed by atoms with Gasteiger partial charge in [-0.05, 0) is 62.5 Å². The van der Waals surface area contributed by atoms with E-state index in [9.17, 15) is 4.79 Å². The van der Waals surface area contributed by atoms with Crippen LogP contribution >= 0.6 is 0 Å². The van der Waals surface area contributed by atoms with Crippen molar-refractivity contribution in [3.05, 3.63) is 41.0 Å². The predicted octanol–water partition coefficient (Wildman–Crippen LogP) is 5.16. The van der Waals surface area contributed by atoms with Crippen LogP contribution in [0, 0.1) is 31.3 Å². The zero-order chi connectivity index (χ0) is 16.3. The molecule has 0 aliphatic heterocycles. The van der Waals surface area contributed by atoms with Gasteiger partial charge in [-0.3, -0.25) is 4.89 Å². The highest BCUT2D eigenvalue weighted by atomic mass is 17.2. The average molecular weight is 303 g/mol. The molecule has 0 aromatic heterocycles. The highest BCUT2D eigenvalue weighted by Gasteiger charge is 2.31. The summed E-state index contributed by atoms with van der Waals surface area (Å²) in [6, 6.07) is 5.67. The maximum Gasteiger partial charge on any atom is 0.373 e. The Bertz CT molecular complexity index is 520. The Kier molecular flexibility index (Phi) is 5.28. The van der Waals surface area contributed by atoms with Gasteiger partial charge in [-0.1, -0.05) is 38.5 Å². The van der Waals surface area contributed by atoms with Gasteiger partial charge in [-0.2, -0.15) is 4.89 Å². The summed E-state index contributed by atoms with van der Waals surface area (Å²) in [5.74, 6) is 0.290. The van der Waals surface area contributed by atoms with Crippen LogP contribution in [0.4, 0.5) is 0 Å². The molecule has 0 N–H and O–H groups in total. The van der Waals surface area contributed by atoms with Crippen LogP contribution in [0.5, 0.6) is 0 Å². The first-order chi connectivity index (χ1) is 10.3. The van der Waals surface area contributed by atoms with Crippen molar-refractivity contribution in [1.82, 2.24) is 0 Å². The lowest BCUT2D eigenvalue weighted by Gasteiger charge is -2.35. The normalized spacial score (nSPS) is 17.5. The summed E-state index contributed by atoms with van der Waals surface area (Å²) in [5.41, 5.74) is 2.94. The number of hydrogen-bond donors (Lipinski definition) is 0. The van der Waals surface area contributed by atoms with Crippen LogP contribution in [0.1, 0.15) is 67.9 Å². The molecule has 0 saturated heterocycles. The third-order valence-electron chi connectivity index (χ3n) is 4.61. The van der Waals surface area contributed by atoms with Crippen LogP contribution in [0.3, 0.4) is 0 Å². The van der Waals surface area contributed by atoms with Crippen LogP contribution < -0.4 is 0 Å². The predicted molar refractivity (Wildman–Crippen MR) is 87.1 cm³/mol. The Morgan fingerprint density at radius 3 is 2.32 bits per heavy atom. The molecule has 1 aromatic rings. The SMILES string of the molecule is Cc1ccc(C(=O)OO[C]2CCC(C(C)(C)C)CC2)c(C)c1. The van der Waals surface area contributed by atoms with E-state index in [0.29, 0.717) is 16.9 Å². The molecule has 1 aliphatic carbocycles. The van der Waals surface area contributed by atoms with Gasteiger partial charge in [0.25, 0.3) is 0 Å². The molecule has 1 saturated carbocycles. The van der Waals surface area contributed by atoms with Gasteiger partial charge in [0, 0.05) is 0 Å². The molecule has 3 nitrogen and oxygen atoms in total. The lowest BCUT2D eigenvalue weighted by Crippen LogP contribution is -2.26. The summed E-state index contributed by atoms with van der Waals surface area (Å²) in [4.78, 5) is 22.4. The van der Waals surface area contributed by atoms with Gasteiger partial charge in [0.1, 0.15) is 6.10 Å². The molecule has 0 heterocycles. The lowest BCUT2D eigenvalue weighted by atomic mass is 9.72. The fourth-order valence-corrected chi connectivity index (χ4v) is 3.07. The number of carbonyl (C=O) groups is 1. The topological polar surface area (TPSA) is 35.5 Å². The van der Waals surface area contributed by atoms with E-state index in [4.69, 9.17) is 9.78 Å². The standard InChI is InChI=1S/C19H27O3/c1-13-6-11-17(14(2)12-13)18(20)22-21-16-9-7-15(8-10-16)19(3,4)5/h6,11-12,15H,7-10H2,1-5H3. The molecule has 0 unspecified atom stereocenters. The second-order valence-electron chi connectivity index (χ2n) is 7.45. The second-order valence-corrected chi connectivity index (χ2v) is 7.45. The first kappa shape index (κ1) is 17.0. The summed E-state index contributed by atoms with van der Waals surface area (Å²) in [6.45, 7) is 10.8. The summed E-state index contributed by atoms with van der Waals surface area (Å²) >= 11 is 0. The highest BCUT2D eigenvalue weighted by Crippen LogP contribution is 2.40. The second kappa shape index (κ2) is 6.82. The highest BCUT2D eigenvalue weighted by molar-refractivity contribution is 5.90. The van der Waals surface area contributed by atoms with Crippen LogP contribution in [0.15, 0.2) is 18.2 Å². The molecule has 1 fully saturated rings. The van der Waals surface area contributed by atoms with Crippen molar-refractivity contribution in [2.24, 2.45) is 11.3 Å². The quantitative estimate of drug-likeness (QED) is 0.571. The molecule has 121 valence electrons. The number of hydrogen-bond acceptors (Lipinski definition) is 3. The number of aryl methyl sites for hydroxylation is 2. The molecule has 2 rings (SSSR count). The third kappa shape index (κ3) is 4.33. The monoisotopic (exact) mass is 303 g/mol. The Hall–Kier alpha value is -1.35. The summed E-state index contributed by atoms with van der Waals surface area (Å²) in [6.07, 6.45) is 4.84. The molecule has 1 aliphatic rings. The molecule has 1 aromatic carbocycles. The molecule has 1 radical (unpaired) electrons. The van der Waals surface area contributed by atoms with Crippen LogP contribution in [-0.2, 0) is 9.78 Å². The van der Waals surface area contributed by atoms with E-state index in [0.717, 1.165) is 42.9 Å². The minimum Gasteiger partial charge on any atom is -0.292 e. The Balaban J connectivity index is 1.83. The van der Waals surface area contributed by atoms with Gasteiger partial charge >= 0.3 is 5.97 Å². The Morgan fingerprint density at radius 2 is 1.77 bits per heavy atom. The number of rotatable bonds is 3. The Labute approximate surface area is 133 Å². The first-order valence-corrected chi connectivity index (χ1v) is 8.08. The molecule has 22 heavy (non-hydrogen) atoms. The lowest BCUT2D eigenvalue weighted by molar-refractivity contribution is -0.241. The van der Waals surface area contributed by atoms with Crippen molar-refractivity contribution < 1.29 is 14.6 Å². The van der Waals surface area contributed by atoms with E-state index in [1.165, 1.54) is 0 Å². The fraction of sp³-hybridized carbons (Fsp3) is 0.579. The van der Waals surface area contributed by atoms with E-state index in [1.807, 2.05) is 26.0 Å². The number of benzene rings is 1. The maximum absolute atomic E-state index is 12.1. The van der Waals surface area contributed by atoms with Crippen molar-refractivity contribution in [2.75, 3.05) is 0 Å². The minimum atomic E-state index is -0.414. The molecule has 3 heteroatoms. The van der Waals surface area contributed by atoms with E-state index in [2.05, 4.69) is 20.8 Å². The molecular weight excluding hydrogens is 276 g/mol. The van der Waals surface area contributed by atoms with E-state index in [-0.39, 0.29) is 0 Å². The van der Waals surface area contributed by atoms with Crippen molar-refractivity contribution >= 4 is 5.97 Å². The van der Waals surface area contributed by atoms with Gasteiger partial charge < -0.3 is 0 Å². The number of carbonyl (C=O) groups excluding carboxylic acids is 1. The zero-order valence-electron chi connectivity index (χ0n) is 14.4. The van der Waals surface area contributed by atoms with E-state index >= 15 is 0 Å².